The predicted molar refractivity (Wildman–Crippen MR) is 62.1 cm³/mol. The maximum Gasteiger partial charge on any atom is 0.0991 e. The minimum Gasteiger partial charge on any atom is -0.391 e. The third-order valence-corrected chi connectivity index (χ3v) is 3.41. The molecular weight excluding hydrogens is 216 g/mol. The molecule has 0 aromatic heterocycles. The molecule has 0 saturated heterocycles. The highest BCUT2D eigenvalue weighted by Gasteiger charge is 2.45. The number of azide groups is 1. The summed E-state index contributed by atoms with van der Waals surface area (Å²) in [7, 11) is 0. The Morgan fingerprint density at radius 2 is 2.24 bits per heavy atom. The predicted octanol–water partition coefficient (Wildman–Crippen LogP) is 2.56. The quantitative estimate of drug-likeness (QED) is 0.454. The molecule has 0 aliphatic heterocycles. The molecule has 2 unspecified atom stereocenters. The highest BCUT2D eigenvalue weighted by molar-refractivity contribution is 5.48. The maximum atomic E-state index is 10.2. The fourth-order valence-electron chi connectivity index (χ4n) is 2.37. The van der Waals surface area contributed by atoms with Crippen molar-refractivity contribution in [3.8, 4) is 6.07 Å². The minimum atomic E-state index is -0.762. The molecule has 0 amide bonds. The molecule has 86 valence electrons. The van der Waals surface area contributed by atoms with E-state index in [9.17, 15) is 5.11 Å². The van der Waals surface area contributed by atoms with E-state index in [4.69, 9.17) is 10.8 Å². The van der Waals surface area contributed by atoms with Crippen LogP contribution in [0.5, 0.6) is 0 Å². The Bertz CT molecular complexity index is 552. The Kier molecular flexibility index (Phi) is 2.55. The summed E-state index contributed by atoms with van der Waals surface area (Å²) in [5.74, 6) is 0. The van der Waals surface area contributed by atoms with Crippen molar-refractivity contribution in [2.75, 3.05) is 0 Å². The normalized spacial score (nSPS) is 24.6. The van der Waals surface area contributed by atoms with Gasteiger partial charge in [0.05, 0.1) is 23.8 Å². The Morgan fingerprint density at radius 1 is 1.53 bits per heavy atom. The summed E-state index contributed by atoms with van der Waals surface area (Å²) in [4.78, 5) is 2.77. The van der Waals surface area contributed by atoms with E-state index in [0.29, 0.717) is 5.56 Å². The lowest BCUT2D eigenvalue weighted by Gasteiger charge is -2.25. The van der Waals surface area contributed by atoms with E-state index < -0.39 is 17.6 Å². The summed E-state index contributed by atoms with van der Waals surface area (Å²) < 4.78 is 0. The number of hydrogen-bond acceptors (Lipinski definition) is 3. The summed E-state index contributed by atoms with van der Waals surface area (Å²) in [6, 6.07) is 6.66. The van der Waals surface area contributed by atoms with Crippen molar-refractivity contribution < 1.29 is 5.11 Å². The Morgan fingerprint density at radius 3 is 2.82 bits per heavy atom. The Balaban J connectivity index is 2.66. The minimum absolute atomic E-state index is 0.470. The number of aliphatic hydroxyl groups is 1. The van der Waals surface area contributed by atoms with Crippen LogP contribution >= 0.6 is 0 Å². The molecule has 0 saturated carbocycles. The molecule has 1 aliphatic rings. The number of fused-ring (bicyclic) bond motifs is 1. The van der Waals surface area contributed by atoms with Crippen LogP contribution in [0.25, 0.3) is 10.4 Å². The van der Waals surface area contributed by atoms with Crippen molar-refractivity contribution >= 4 is 0 Å². The van der Waals surface area contributed by atoms with Crippen LogP contribution in [0, 0.1) is 11.3 Å². The van der Waals surface area contributed by atoms with Gasteiger partial charge in [-0.05, 0) is 28.8 Å². The van der Waals surface area contributed by atoms with Gasteiger partial charge in [0.2, 0.25) is 0 Å². The monoisotopic (exact) mass is 228 g/mol. The molecule has 1 aromatic carbocycles. The lowest BCUT2D eigenvalue weighted by atomic mass is 9.84. The summed E-state index contributed by atoms with van der Waals surface area (Å²) in [6.45, 7) is 3.80. The second-order valence-corrected chi connectivity index (χ2v) is 4.73. The Labute approximate surface area is 98.9 Å². The first-order valence-corrected chi connectivity index (χ1v) is 5.29. The van der Waals surface area contributed by atoms with Gasteiger partial charge in [0.1, 0.15) is 0 Å². The molecule has 1 N–H and O–H groups in total. The van der Waals surface area contributed by atoms with Crippen molar-refractivity contribution in [1.82, 2.24) is 0 Å². The first kappa shape index (κ1) is 11.5. The second kappa shape index (κ2) is 3.77. The van der Waals surface area contributed by atoms with Crippen LogP contribution in [0.2, 0.25) is 0 Å². The molecule has 2 rings (SSSR count). The summed E-state index contributed by atoms with van der Waals surface area (Å²) in [5.41, 5.74) is 10.3. The van der Waals surface area contributed by atoms with Gasteiger partial charge in [0, 0.05) is 10.3 Å². The highest BCUT2D eigenvalue weighted by atomic mass is 16.3. The van der Waals surface area contributed by atoms with Gasteiger partial charge >= 0.3 is 0 Å². The van der Waals surface area contributed by atoms with Gasteiger partial charge < -0.3 is 5.11 Å². The van der Waals surface area contributed by atoms with E-state index in [2.05, 4.69) is 10.0 Å². The lowest BCUT2D eigenvalue weighted by molar-refractivity contribution is 0.0922. The fourth-order valence-corrected chi connectivity index (χ4v) is 2.37. The van der Waals surface area contributed by atoms with E-state index in [1.54, 1.807) is 12.1 Å². The first-order chi connectivity index (χ1) is 8.02. The average Bonchev–Trinajstić information content (AvgIpc) is 2.51. The second-order valence-electron chi connectivity index (χ2n) is 4.73. The molecule has 17 heavy (non-hydrogen) atoms. The number of aliphatic hydroxyl groups excluding tert-OH is 1. The van der Waals surface area contributed by atoms with Gasteiger partial charge in [-0.2, -0.15) is 5.26 Å². The topological polar surface area (TPSA) is 92.8 Å². The number of nitrogens with zero attached hydrogens (tertiary/aromatic N) is 4. The first-order valence-electron chi connectivity index (χ1n) is 5.29. The molecular formula is C12H12N4O. The summed E-state index contributed by atoms with van der Waals surface area (Å²) >= 11 is 0. The SMILES string of the molecule is CC1(C)c2ccc(C#N)cc2C(N=[N+]=[N-])C1O. The van der Waals surface area contributed by atoms with Gasteiger partial charge in [0.15, 0.2) is 0 Å². The van der Waals surface area contributed by atoms with E-state index in [-0.39, 0.29) is 0 Å². The average molecular weight is 228 g/mol. The fraction of sp³-hybridized carbons (Fsp3) is 0.417. The van der Waals surface area contributed by atoms with Crippen molar-refractivity contribution in [2.24, 2.45) is 5.11 Å². The van der Waals surface area contributed by atoms with Gasteiger partial charge in [-0.15, -0.1) is 0 Å². The highest BCUT2D eigenvalue weighted by Crippen LogP contribution is 2.46. The Hall–Kier alpha value is -2.02. The number of benzene rings is 1. The van der Waals surface area contributed by atoms with Crippen LogP contribution in [0.1, 0.15) is 36.6 Å². The smallest absolute Gasteiger partial charge is 0.0991 e. The van der Waals surface area contributed by atoms with Gasteiger partial charge in [-0.3, -0.25) is 0 Å². The van der Waals surface area contributed by atoms with Crippen molar-refractivity contribution in [1.29, 1.82) is 5.26 Å². The van der Waals surface area contributed by atoms with Crippen LogP contribution in [0.3, 0.4) is 0 Å². The molecule has 0 heterocycles. The molecule has 2 atom stereocenters. The van der Waals surface area contributed by atoms with Crippen LogP contribution < -0.4 is 0 Å². The van der Waals surface area contributed by atoms with Crippen molar-refractivity contribution in [3.05, 3.63) is 45.3 Å². The third-order valence-electron chi connectivity index (χ3n) is 3.41. The van der Waals surface area contributed by atoms with Crippen LogP contribution in [-0.4, -0.2) is 11.2 Å². The molecule has 5 heteroatoms. The lowest BCUT2D eigenvalue weighted by Crippen LogP contribution is -2.30. The zero-order chi connectivity index (χ0) is 12.6. The van der Waals surface area contributed by atoms with Gasteiger partial charge in [-0.1, -0.05) is 25.0 Å². The van der Waals surface area contributed by atoms with E-state index in [1.165, 1.54) is 0 Å². The molecule has 1 aromatic rings. The van der Waals surface area contributed by atoms with Crippen LogP contribution in [0.4, 0.5) is 0 Å². The number of rotatable bonds is 1. The van der Waals surface area contributed by atoms with E-state index in [0.717, 1.165) is 11.1 Å². The van der Waals surface area contributed by atoms with E-state index >= 15 is 0 Å². The molecule has 0 bridgehead atoms. The third kappa shape index (κ3) is 1.55. The van der Waals surface area contributed by atoms with Crippen molar-refractivity contribution in [3.63, 3.8) is 0 Å². The van der Waals surface area contributed by atoms with Gasteiger partial charge in [-0.25, -0.2) is 0 Å². The van der Waals surface area contributed by atoms with Crippen LogP contribution in [0.15, 0.2) is 23.3 Å². The standard InChI is InChI=1S/C12H12N4O/c1-12(2)9-4-3-7(6-13)5-8(9)10(11(12)17)15-16-14/h3-5,10-11,17H,1-2H3. The molecule has 0 radical (unpaired) electrons. The van der Waals surface area contributed by atoms with Crippen LogP contribution in [-0.2, 0) is 5.41 Å². The van der Waals surface area contributed by atoms with E-state index in [1.807, 2.05) is 26.0 Å². The molecule has 0 fully saturated rings. The largest absolute Gasteiger partial charge is 0.391 e. The summed E-state index contributed by atoms with van der Waals surface area (Å²) in [5, 5.41) is 22.7. The number of nitriles is 1. The number of hydrogen-bond donors (Lipinski definition) is 1. The zero-order valence-corrected chi connectivity index (χ0v) is 9.62. The zero-order valence-electron chi connectivity index (χ0n) is 9.62. The molecule has 5 nitrogen and oxygen atoms in total. The van der Waals surface area contributed by atoms with Crippen molar-refractivity contribution in [2.45, 2.75) is 31.4 Å². The molecule has 0 spiro atoms. The maximum absolute atomic E-state index is 10.2. The molecule has 1 aliphatic carbocycles. The van der Waals surface area contributed by atoms with Gasteiger partial charge in [0.25, 0.3) is 0 Å². The summed E-state index contributed by atoms with van der Waals surface area (Å²) in [6.07, 6.45) is -0.762.